The van der Waals surface area contributed by atoms with Gasteiger partial charge in [0.1, 0.15) is 6.54 Å². The van der Waals surface area contributed by atoms with Crippen molar-refractivity contribution in [3.63, 3.8) is 0 Å². The number of carboxylic acids is 1. The van der Waals surface area contributed by atoms with Gasteiger partial charge in [-0.2, -0.15) is 5.10 Å². The first-order chi connectivity index (χ1) is 10.9. The van der Waals surface area contributed by atoms with Gasteiger partial charge in [-0.25, -0.2) is 4.68 Å². The first-order valence-electron chi connectivity index (χ1n) is 7.57. The summed E-state index contributed by atoms with van der Waals surface area (Å²) in [6, 6.07) is 8.79. The van der Waals surface area contributed by atoms with Crippen molar-refractivity contribution in [3.8, 4) is 5.69 Å². The number of carbonyl (C=O) groups excluding carboxylic acids is 1. The number of rotatable bonds is 6. The zero-order chi connectivity index (χ0) is 17.0. The van der Waals surface area contributed by atoms with Crippen molar-refractivity contribution in [2.24, 2.45) is 0 Å². The molecule has 2 aromatic rings. The van der Waals surface area contributed by atoms with Crippen LogP contribution in [0.2, 0.25) is 0 Å². The predicted molar refractivity (Wildman–Crippen MR) is 86.7 cm³/mol. The highest BCUT2D eigenvalue weighted by atomic mass is 16.4. The molecule has 1 N–H and O–H groups in total. The van der Waals surface area contributed by atoms with Gasteiger partial charge >= 0.3 is 5.97 Å². The van der Waals surface area contributed by atoms with Gasteiger partial charge in [-0.05, 0) is 50.6 Å². The van der Waals surface area contributed by atoms with Crippen molar-refractivity contribution < 1.29 is 14.7 Å². The summed E-state index contributed by atoms with van der Waals surface area (Å²) in [4.78, 5) is 25.0. The summed E-state index contributed by atoms with van der Waals surface area (Å²) in [5.41, 5.74) is 2.33. The van der Waals surface area contributed by atoms with E-state index in [2.05, 4.69) is 5.10 Å². The van der Waals surface area contributed by atoms with Crippen LogP contribution in [0, 0.1) is 6.92 Å². The molecule has 0 aliphatic carbocycles. The monoisotopic (exact) mass is 315 g/mol. The minimum Gasteiger partial charge on any atom is -0.480 e. The third-order valence-electron chi connectivity index (χ3n) is 3.88. The molecule has 6 nitrogen and oxygen atoms in total. The summed E-state index contributed by atoms with van der Waals surface area (Å²) in [6.45, 7) is 5.43. The Bertz CT molecular complexity index is 691. The van der Waals surface area contributed by atoms with Crippen LogP contribution < -0.4 is 0 Å². The lowest BCUT2D eigenvalue weighted by Crippen LogP contribution is -2.41. The van der Waals surface area contributed by atoms with Crippen LogP contribution >= 0.6 is 0 Å². The molecular weight excluding hydrogens is 294 g/mol. The fourth-order valence-corrected chi connectivity index (χ4v) is 2.34. The van der Waals surface area contributed by atoms with Crippen molar-refractivity contribution in [1.29, 1.82) is 0 Å². The smallest absolute Gasteiger partial charge is 0.323 e. The number of benzene rings is 1. The van der Waals surface area contributed by atoms with E-state index in [0.29, 0.717) is 12.0 Å². The average Bonchev–Trinajstić information content (AvgIpc) is 2.97. The van der Waals surface area contributed by atoms with Gasteiger partial charge in [0.25, 0.3) is 5.91 Å². The van der Waals surface area contributed by atoms with Crippen molar-refractivity contribution in [1.82, 2.24) is 14.7 Å². The molecule has 0 radical (unpaired) electrons. The molecule has 0 saturated carbocycles. The van der Waals surface area contributed by atoms with Crippen LogP contribution in [0.25, 0.3) is 5.69 Å². The maximum absolute atomic E-state index is 12.6. The Morgan fingerprint density at radius 2 is 1.91 bits per heavy atom. The molecule has 0 spiro atoms. The number of hydrogen-bond acceptors (Lipinski definition) is 3. The second-order valence-electron chi connectivity index (χ2n) is 5.52. The van der Waals surface area contributed by atoms with Gasteiger partial charge in [-0.3, -0.25) is 9.59 Å². The number of carbonyl (C=O) groups is 2. The minimum absolute atomic E-state index is 0.133. The summed E-state index contributed by atoms with van der Waals surface area (Å²) >= 11 is 0. The average molecular weight is 315 g/mol. The molecule has 1 aromatic heterocycles. The molecule has 0 aliphatic rings. The van der Waals surface area contributed by atoms with Gasteiger partial charge in [-0.15, -0.1) is 0 Å². The summed E-state index contributed by atoms with van der Waals surface area (Å²) in [7, 11) is 0. The third-order valence-corrected chi connectivity index (χ3v) is 3.88. The van der Waals surface area contributed by atoms with E-state index in [1.54, 1.807) is 23.0 Å². The Morgan fingerprint density at radius 1 is 1.26 bits per heavy atom. The molecule has 1 aromatic carbocycles. The number of carboxylic acid groups (broad SMARTS) is 1. The summed E-state index contributed by atoms with van der Waals surface area (Å²) in [5, 5.41) is 13.2. The molecule has 1 atom stereocenters. The molecule has 0 bridgehead atoms. The van der Waals surface area contributed by atoms with Gasteiger partial charge in [0, 0.05) is 23.5 Å². The molecule has 1 unspecified atom stereocenters. The molecule has 1 amide bonds. The van der Waals surface area contributed by atoms with Crippen LogP contribution in [0.15, 0.2) is 36.5 Å². The van der Waals surface area contributed by atoms with E-state index in [-0.39, 0.29) is 18.5 Å². The summed E-state index contributed by atoms with van der Waals surface area (Å²) < 4.78 is 1.78. The zero-order valence-electron chi connectivity index (χ0n) is 13.6. The predicted octanol–water partition coefficient (Wildman–Crippen LogP) is 2.51. The first-order valence-corrected chi connectivity index (χ1v) is 7.57. The van der Waals surface area contributed by atoms with Gasteiger partial charge in [0.15, 0.2) is 0 Å². The largest absolute Gasteiger partial charge is 0.480 e. The van der Waals surface area contributed by atoms with Gasteiger partial charge < -0.3 is 10.0 Å². The maximum atomic E-state index is 12.6. The topological polar surface area (TPSA) is 75.4 Å². The van der Waals surface area contributed by atoms with E-state index in [1.807, 2.05) is 39.0 Å². The maximum Gasteiger partial charge on any atom is 0.323 e. The second-order valence-corrected chi connectivity index (χ2v) is 5.52. The Morgan fingerprint density at radius 3 is 2.39 bits per heavy atom. The standard InChI is InChI=1S/C17H21N3O3/c1-4-12(2)19(11-16(21)22)17(23)14-5-7-15(8-6-14)20-13(3)9-10-18-20/h5-10,12H,4,11H2,1-3H3,(H,21,22). The number of amides is 1. The van der Waals surface area contributed by atoms with E-state index in [4.69, 9.17) is 5.11 Å². The van der Waals surface area contributed by atoms with Crippen LogP contribution in [-0.2, 0) is 4.79 Å². The molecule has 0 aliphatic heterocycles. The number of nitrogens with zero attached hydrogens (tertiary/aromatic N) is 3. The van der Waals surface area contributed by atoms with Crippen LogP contribution in [0.5, 0.6) is 0 Å². The second kappa shape index (κ2) is 7.09. The summed E-state index contributed by atoms with van der Waals surface area (Å²) in [5.74, 6) is -1.28. The highest BCUT2D eigenvalue weighted by Crippen LogP contribution is 2.15. The highest BCUT2D eigenvalue weighted by molar-refractivity contribution is 5.96. The van der Waals surface area contributed by atoms with E-state index in [9.17, 15) is 9.59 Å². The first kappa shape index (κ1) is 16.7. The van der Waals surface area contributed by atoms with Crippen molar-refractivity contribution in [3.05, 3.63) is 47.8 Å². The lowest BCUT2D eigenvalue weighted by atomic mass is 10.1. The fraction of sp³-hybridized carbons (Fsp3) is 0.353. The number of aryl methyl sites for hydroxylation is 1. The molecule has 6 heteroatoms. The third kappa shape index (κ3) is 3.77. The van der Waals surface area contributed by atoms with Crippen LogP contribution in [-0.4, -0.2) is 44.3 Å². The summed E-state index contributed by atoms with van der Waals surface area (Å²) in [6.07, 6.45) is 2.41. The highest BCUT2D eigenvalue weighted by Gasteiger charge is 2.22. The van der Waals surface area contributed by atoms with E-state index < -0.39 is 5.97 Å². The fourth-order valence-electron chi connectivity index (χ4n) is 2.34. The molecule has 1 heterocycles. The molecule has 0 fully saturated rings. The van der Waals surface area contributed by atoms with E-state index in [0.717, 1.165) is 11.4 Å². The zero-order valence-corrected chi connectivity index (χ0v) is 13.6. The molecule has 2 rings (SSSR count). The Balaban J connectivity index is 2.24. The van der Waals surface area contributed by atoms with Crippen LogP contribution in [0.3, 0.4) is 0 Å². The van der Waals surface area contributed by atoms with E-state index >= 15 is 0 Å². The van der Waals surface area contributed by atoms with Gasteiger partial charge in [0.05, 0.1) is 5.69 Å². The minimum atomic E-state index is -1.01. The van der Waals surface area contributed by atoms with Crippen molar-refractivity contribution in [2.75, 3.05) is 6.54 Å². The van der Waals surface area contributed by atoms with E-state index in [1.165, 1.54) is 4.90 Å². The Kier molecular flexibility index (Phi) is 5.16. The lowest BCUT2D eigenvalue weighted by molar-refractivity contribution is -0.138. The molecule has 23 heavy (non-hydrogen) atoms. The quantitative estimate of drug-likeness (QED) is 0.888. The Hall–Kier alpha value is -2.63. The number of aromatic nitrogens is 2. The molecule has 0 saturated heterocycles. The SMILES string of the molecule is CCC(C)N(CC(=O)O)C(=O)c1ccc(-n2nccc2C)cc1. The lowest BCUT2D eigenvalue weighted by Gasteiger charge is -2.27. The van der Waals surface area contributed by atoms with Crippen molar-refractivity contribution in [2.45, 2.75) is 33.2 Å². The Labute approximate surface area is 135 Å². The van der Waals surface area contributed by atoms with Crippen LogP contribution in [0.1, 0.15) is 36.3 Å². The van der Waals surface area contributed by atoms with Gasteiger partial charge in [0.2, 0.25) is 0 Å². The van der Waals surface area contributed by atoms with Gasteiger partial charge in [-0.1, -0.05) is 6.92 Å². The van der Waals surface area contributed by atoms with Crippen molar-refractivity contribution >= 4 is 11.9 Å². The molecular formula is C17H21N3O3. The number of aliphatic carboxylic acids is 1. The van der Waals surface area contributed by atoms with Crippen LogP contribution in [0.4, 0.5) is 0 Å². The number of hydrogen-bond donors (Lipinski definition) is 1. The molecule has 122 valence electrons. The normalized spacial score (nSPS) is 12.0.